The Hall–Kier alpha value is -1.53. The Labute approximate surface area is 89.9 Å². The molecule has 2 atom stereocenters. The molecule has 0 fully saturated rings. The molecule has 1 unspecified atom stereocenters. The lowest BCUT2D eigenvalue weighted by Crippen LogP contribution is -2.10. The van der Waals surface area contributed by atoms with Crippen molar-refractivity contribution in [1.82, 2.24) is 0 Å². The van der Waals surface area contributed by atoms with E-state index in [9.17, 15) is 5.11 Å². The SMILES string of the molecule is CC[C@H](O)c1ccccc1OC(C)C#N. The van der Waals surface area contributed by atoms with Crippen LogP contribution in [0.3, 0.4) is 0 Å². The maximum Gasteiger partial charge on any atom is 0.181 e. The van der Waals surface area contributed by atoms with E-state index in [4.69, 9.17) is 10.00 Å². The van der Waals surface area contributed by atoms with Gasteiger partial charge >= 0.3 is 0 Å². The highest BCUT2D eigenvalue weighted by Crippen LogP contribution is 2.27. The minimum atomic E-state index is -0.535. The van der Waals surface area contributed by atoms with Gasteiger partial charge in [0.2, 0.25) is 0 Å². The Balaban J connectivity index is 2.92. The molecule has 1 N–H and O–H groups in total. The van der Waals surface area contributed by atoms with Gasteiger partial charge in [-0.1, -0.05) is 25.1 Å². The first kappa shape index (κ1) is 11.5. The van der Waals surface area contributed by atoms with Crippen LogP contribution < -0.4 is 4.74 Å². The number of ether oxygens (including phenoxy) is 1. The molecule has 15 heavy (non-hydrogen) atoms. The first-order chi connectivity index (χ1) is 7.19. The summed E-state index contributed by atoms with van der Waals surface area (Å²) in [5.74, 6) is 0.584. The lowest BCUT2D eigenvalue weighted by molar-refractivity contribution is 0.165. The molecule has 1 rings (SSSR count). The third kappa shape index (κ3) is 2.97. The zero-order chi connectivity index (χ0) is 11.3. The molecule has 0 spiro atoms. The van der Waals surface area contributed by atoms with E-state index in [-0.39, 0.29) is 0 Å². The fraction of sp³-hybridized carbons (Fsp3) is 0.417. The summed E-state index contributed by atoms with van der Waals surface area (Å²) in [7, 11) is 0. The second-order valence-electron chi connectivity index (χ2n) is 3.35. The van der Waals surface area contributed by atoms with E-state index >= 15 is 0 Å². The summed E-state index contributed by atoms with van der Waals surface area (Å²) < 4.78 is 5.40. The van der Waals surface area contributed by atoms with E-state index in [1.807, 2.05) is 31.2 Å². The van der Waals surface area contributed by atoms with Gasteiger partial charge in [0, 0.05) is 5.56 Å². The van der Waals surface area contributed by atoms with E-state index in [2.05, 4.69) is 0 Å². The highest BCUT2D eigenvalue weighted by atomic mass is 16.5. The summed E-state index contributed by atoms with van der Waals surface area (Å²) >= 11 is 0. The molecular formula is C12H15NO2. The van der Waals surface area contributed by atoms with Crippen LogP contribution in [0.1, 0.15) is 31.9 Å². The van der Waals surface area contributed by atoms with Gasteiger partial charge in [-0.3, -0.25) is 0 Å². The quantitative estimate of drug-likeness (QED) is 0.821. The van der Waals surface area contributed by atoms with Gasteiger partial charge in [-0.2, -0.15) is 5.26 Å². The van der Waals surface area contributed by atoms with Crippen LogP contribution in [-0.2, 0) is 0 Å². The molecule has 1 aromatic carbocycles. The van der Waals surface area contributed by atoms with Crippen LogP contribution in [0, 0.1) is 11.3 Å². The fourth-order valence-electron chi connectivity index (χ4n) is 1.30. The molecule has 1 aromatic rings. The predicted molar refractivity (Wildman–Crippen MR) is 57.4 cm³/mol. The van der Waals surface area contributed by atoms with Crippen LogP contribution in [0.4, 0.5) is 0 Å². The second kappa shape index (κ2) is 5.38. The maximum atomic E-state index is 9.73. The number of para-hydroxylation sites is 1. The number of hydrogen-bond acceptors (Lipinski definition) is 3. The van der Waals surface area contributed by atoms with E-state index in [0.717, 1.165) is 5.56 Å². The number of benzene rings is 1. The molecule has 0 amide bonds. The van der Waals surface area contributed by atoms with Gasteiger partial charge in [0.1, 0.15) is 11.8 Å². The molecule has 3 nitrogen and oxygen atoms in total. The zero-order valence-electron chi connectivity index (χ0n) is 8.97. The Morgan fingerprint density at radius 3 is 2.73 bits per heavy atom. The third-order valence-electron chi connectivity index (χ3n) is 2.15. The number of aliphatic hydroxyl groups excluding tert-OH is 1. The average molecular weight is 205 g/mol. The van der Waals surface area contributed by atoms with Gasteiger partial charge in [0.25, 0.3) is 0 Å². The molecule has 0 bridgehead atoms. The van der Waals surface area contributed by atoms with Gasteiger partial charge in [-0.25, -0.2) is 0 Å². The number of aliphatic hydroxyl groups is 1. The van der Waals surface area contributed by atoms with Crippen LogP contribution >= 0.6 is 0 Å². The van der Waals surface area contributed by atoms with Crippen molar-refractivity contribution in [3.8, 4) is 11.8 Å². The molecule has 0 radical (unpaired) electrons. The van der Waals surface area contributed by atoms with Crippen molar-refractivity contribution in [3.05, 3.63) is 29.8 Å². The van der Waals surface area contributed by atoms with Crippen LogP contribution in [-0.4, -0.2) is 11.2 Å². The maximum absolute atomic E-state index is 9.73. The molecule has 0 saturated carbocycles. The number of hydrogen-bond donors (Lipinski definition) is 1. The Kier molecular flexibility index (Phi) is 4.14. The smallest absolute Gasteiger partial charge is 0.181 e. The third-order valence-corrected chi connectivity index (χ3v) is 2.15. The minimum absolute atomic E-state index is 0.504. The van der Waals surface area contributed by atoms with Crippen molar-refractivity contribution >= 4 is 0 Å². The van der Waals surface area contributed by atoms with E-state index in [1.165, 1.54) is 0 Å². The van der Waals surface area contributed by atoms with Gasteiger partial charge in [0.15, 0.2) is 6.10 Å². The molecule has 0 heterocycles. The van der Waals surface area contributed by atoms with Crippen LogP contribution in [0.15, 0.2) is 24.3 Å². The summed E-state index contributed by atoms with van der Waals surface area (Å²) in [6.07, 6.45) is -0.413. The summed E-state index contributed by atoms with van der Waals surface area (Å²) in [4.78, 5) is 0. The lowest BCUT2D eigenvalue weighted by Gasteiger charge is -2.15. The molecule has 0 saturated heterocycles. The number of nitrogens with zero attached hydrogens (tertiary/aromatic N) is 1. The largest absolute Gasteiger partial charge is 0.475 e. The summed E-state index contributed by atoms with van der Waals surface area (Å²) in [6.45, 7) is 3.57. The second-order valence-corrected chi connectivity index (χ2v) is 3.35. The molecule has 0 aliphatic carbocycles. The van der Waals surface area contributed by atoms with Crippen LogP contribution in [0.25, 0.3) is 0 Å². The Morgan fingerprint density at radius 2 is 2.13 bits per heavy atom. The Bertz CT molecular complexity index is 357. The number of rotatable bonds is 4. The topological polar surface area (TPSA) is 53.2 Å². The van der Waals surface area contributed by atoms with Gasteiger partial charge in [-0.05, 0) is 19.4 Å². The fourth-order valence-corrected chi connectivity index (χ4v) is 1.30. The average Bonchev–Trinajstić information content (AvgIpc) is 2.28. The normalized spacial score (nSPS) is 14.0. The Morgan fingerprint density at radius 1 is 1.47 bits per heavy atom. The molecule has 80 valence electrons. The van der Waals surface area contributed by atoms with Gasteiger partial charge in [-0.15, -0.1) is 0 Å². The van der Waals surface area contributed by atoms with Crippen molar-refractivity contribution in [2.75, 3.05) is 0 Å². The summed E-state index contributed by atoms with van der Waals surface area (Å²) in [5.41, 5.74) is 0.738. The van der Waals surface area contributed by atoms with Crippen LogP contribution in [0.2, 0.25) is 0 Å². The molecule has 3 heteroatoms. The minimum Gasteiger partial charge on any atom is -0.475 e. The van der Waals surface area contributed by atoms with Gasteiger partial charge < -0.3 is 9.84 Å². The predicted octanol–water partition coefficient (Wildman–Crippen LogP) is 2.42. The van der Waals surface area contributed by atoms with E-state index in [1.54, 1.807) is 13.0 Å². The highest BCUT2D eigenvalue weighted by Gasteiger charge is 2.12. The molecule has 0 aliphatic heterocycles. The zero-order valence-corrected chi connectivity index (χ0v) is 8.97. The molecule has 0 aliphatic rings. The first-order valence-electron chi connectivity index (χ1n) is 5.02. The van der Waals surface area contributed by atoms with E-state index < -0.39 is 12.2 Å². The summed E-state index contributed by atoms with van der Waals surface area (Å²) in [5, 5.41) is 18.4. The first-order valence-corrected chi connectivity index (χ1v) is 5.02. The number of nitriles is 1. The van der Waals surface area contributed by atoms with Crippen molar-refractivity contribution < 1.29 is 9.84 Å². The molecular weight excluding hydrogens is 190 g/mol. The standard InChI is InChI=1S/C12H15NO2/c1-3-11(14)10-6-4-5-7-12(10)15-9(2)8-13/h4-7,9,11,14H,3H2,1-2H3/t9?,11-/m0/s1. The molecule has 0 aromatic heterocycles. The van der Waals surface area contributed by atoms with E-state index in [0.29, 0.717) is 12.2 Å². The lowest BCUT2D eigenvalue weighted by atomic mass is 10.1. The monoisotopic (exact) mass is 205 g/mol. The highest BCUT2D eigenvalue weighted by molar-refractivity contribution is 5.35. The summed E-state index contributed by atoms with van der Waals surface area (Å²) in [6, 6.07) is 9.24. The van der Waals surface area contributed by atoms with Crippen molar-refractivity contribution in [3.63, 3.8) is 0 Å². The van der Waals surface area contributed by atoms with Crippen molar-refractivity contribution in [2.45, 2.75) is 32.5 Å². The van der Waals surface area contributed by atoms with Crippen molar-refractivity contribution in [2.24, 2.45) is 0 Å². The van der Waals surface area contributed by atoms with Crippen molar-refractivity contribution in [1.29, 1.82) is 5.26 Å². The van der Waals surface area contributed by atoms with Gasteiger partial charge in [0.05, 0.1) is 6.10 Å². The van der Waals surface area contributed by atoms with Crippen LogP contribution in [0.5, 0.6) is 5.75 Å².